The first-order valence-electron chi connectivity index (χ1n) is 14.3. The maximum Gasteiger partial charge on any atom is 0.326 e. The normalized spacial score (nSPS) is 14.6. The number of primary amides is 1. The van der Waals surface area contributed by atoms with Gasteiger partial charge in [-0.1, -0.05) is 42.5 Å². The molecule has 0 unspecified atom stereocenters. The average Bonchev–Trinajstić information content (AvgIpc) is 2.99. The van der Waals surface area contributed by atoms with Crippen LogP contribution < -0.4 is 32.7 Å². The van der Waals surface area contributed by atoms with Crippen LogP contribution in [0.4, 0.5) is 0 Å². The lowest BCUT2D eigenvalue weighted by Crippen LogP contribution is -2.61. The molecule has 0 radical (unpaired) electrons. The lowest BCUT2D eigenvalue weighted by atomic mass is 10.0. The van der Waals surface area contributed by atoms with Crippen molar-refractivity contribution in [3.63, 3.8) is 0 Å². The van der Waals surface area contributed by atoms with Gasteiger partial charge in [0.25, 0.3) is 0 Å². The van der Waals surface area contributed by atoms with Crippen LogP contribution in [0.25, 0.3) is 0 Å². The number of phenolic OH excluding ortho intramolecular Hbond substituents is 1. The monoisotopic (exact) mass is 658 g/mol. The van der Waals surface area contributed by atoms with E-state index >= 15 is 0 Å². The Bertz CT molecular complexity index is 1440. The summed E-state index contributed by atoms with van der Waals surface area (Å²) in [5.74, 6) is -8.63. The number of aliphatic hydroxyl groups is 1. The highest BCUT2D eigenvalue weighted by molar-refractivity contribution is 5.98. The number of carboxylic acids is 2. The fraction of sp³-hybridized carbons (Fsp3) is 0.367. The van der Waals surface area contributed by atoms with Crippen molar-refractivity contribution in [3.8, 4) is 5.75 Å². The number of nitrogens with one attached hydrogen (secondary N) is 4. The van der Waals surface area contributed by atoms with E-state index in [9.17, 15) is 54.0 Å². The minimum atomic E-state index is -1.88. The number of aliphatic hydroxyl groups excluding tert-OH is 1. The summed E-state index contributed by atoms with van der Waals surface area (Å²) >= 11 is 0. The summed E-state index contributed by atoms with van der Waals surface area (Å²) in [4.78, 5) is 87.1. The summed E-state index contributed by atoms with van der Waals surface area (Å²) in [6, 6.07) is 6.05. The van der Waals surface area contributed by atoms with E-state index in [4.69, 9.17) is 11.5 Å². The zero-order valence-corrected chi connectivity index (χ0v) is 25.3. The van der Waals surface area contributed by atoms with Crippen molar-refractivity contribution >= 4 is 41.5 Å². The summed E-state index contributed by atoms with van der Waals surface area (Å²) < 4.78 is 0. The predicted molar refractivity (Wildman–Crippen MR) is 163 cm³/mol. The Kier molecular flexibility index (Phi) is 14.3. The van der Waals surface area contributed by atoms with Crippen LogP contribution in [0.3, 0.4) is 0 Å². The van der Waals surface area contributed by atoms with E-state index in [1.54, 1.807) is 30.3 Å². The Morgan fingerprint density at radius 1 is 0.681 bits per heavy atom. The van der Waals surface area contributed by atoms with Gasteiger partial charge in [-0.3, -0.25) is 28.8 Å². The number of carboxylic acid groups (broad SMARTS) is 2. The molecule has 0 aliphatic carbocycles. The molecule has 0 heterocycles. The Balaban J connectivity index is 2.18. The van der Waals surface area contributed by atoms with Crippen molar-refractivity contribution in [2.24, 2.45) is 11.5 Å². The summed E-state index contributed by atoms with van der Waals surface area (Å²) in [6.45, 7) is 1.17. The average molecular weight is 659 g/mol. The fourth-order valence-corrected chi connectivity index (χ4v) is 4.29. The second-order valence-electron chi connectivity index (χ2n) is 10.7. The molecule has 2 aromatic rings. The summed E-state index contributed by atoms with van der Waals surface area (Å²) in [5.41, 5.74) is 12.3. The zero-order valence-electron chi connectivity index (χ0n) is 25.3. The molecule has 254 valence electrons. The number of phenols is 1. The summed E-state index contributed by atoms with van der Waals surface area (Å²) in [5, 5.41) is 47.3. The third kappa shape index (κ3) is 12.8. The number of amides is 5. The largest absolute Gasteiger partial charge is 0.508 e. The molecule has 0 aliphatic heterocycles. The highest BCUT2D eigenvalue weighted by Gasteiger charge is 2.34. The molecule has 2 aromatic carbocycles. The number of hydrogen-bond acceptors (Lipinski definition) is 10. The van der Waals surface area contributed by atoms with Crippen molar-refractivity contribution in [2.75, 3.05) is 0 Å². The standard InChI is InChI=1S/C30H38N6O11/c1-15(37)25(36-26(42)19(31)11-16-5-3-2-4-6-16)29(45)34-20(13-23(32)39)27(43)33-21(14-24(40)41)28(44)35-22(30(46)47)12-17-7-9-18(38)10-8-17/h2-10,15,19-22,25,37-38H,11-14,31H2,1H3,(H2,32,39)(H,33,43)(H,34,45)(H,35,44)(H,36,42)(H,40,41)(H,46,47)/t15-,19+,20+,21+,22+,25+/m1/s1. The molecule has 5 amide bonds. The quantitative estimate of drug-likeness (QED) is 0.0780. The third-order valence-corrected chi connectivity index (χ3v) is 6.74. The van der Waals surface area contributed by atoms with Crippen molar-refractivity contribution in [1.82, 2.24) is 21.3 Å². The van der Waals surface area contributed by atoms with Gasteiger partial charge in [-0.2, -0.15) is 0 Å². The molecule has 12 N–H and O–H groups in total. The summed E-state index contributed by atoms with van der Waals surface area (Å²) in [7, 11) is 0. The van der Waals surface area contributed by atoms with Crippen LogP contribution in [0.1, 0.15) is 30.9 Å². The predicted octanol–water partition coefficient (Wildman–Crippen LogP) is -2.74. The van der Waals surface area contributed by atoms with Gasteiger partial charge in [0.2, 0.25) is 29.5 Å². The van der Waals surface area contributed by atoms with Gasteiger partial charge in [-0.15, -0.1) is 0 Å². The molecule has 0 spiro atoms. The highest BCUT2D eigenvalue weighted by atomic mass is 16.4. The van der Waals surface area contributed by atoms with E-state index < -0.39 is 90.6 Å². The van der Waals surface area contributed by atoms with Gasteiger partial charge in [0.05, 0.1) is 25.0 Å². The molecule has 0 saturated heterocycles. The second kappa shape index (κ2) is 17.8. The number of rotatable bonds is 18. The molecule has 0 saturated carbocycles. The molecular weight excluding hydrogens is 620 g/mol. The maximum atomic E-state index is 13.2. The SMILES string of the molecule is C[C@@H](O)[C@H](NC(=O)[C@@H](N)Cc1ccccc1)C(=O)N[C@@H](CC(N)=O)C(=O)N[C@@H](CC(=O)O)C(=O)N[C@@H](Cc1ccc(O)cc1)C(=O)O. The Morgan fingerprint density at radius 3 is 1.70 bits per heavy atom. The first-order chi connectivity index (χ1) is 22.1. The van der Waals surface area contributed by atoms with Gasteiger partial charge in [-0.05, 0) is 36.6 Å². The molecule has 6 atom stereocenters. The van der Waals surface area contributed by atoms with Crippen LogP contribution in [0, 0.1) is 0 Å². The minimum absolute atomic E-state index is 0.0831. The topological polar surface area (TPSA) is 301 Å². The number of hydrogen-bond donors (Lipinski definition) is 10. The third-order valence-electron chi connectivity index (χ3n) is 6.74. The number of carbonyl (C=O) groups excluding carboxylic acids is 5. The van der Waals surface area contributed by atoms with Crippen LogP contribution in [-0.4, -0.2) is 98.2 Å². The number of benzene rings is 2. The van der Waals surface area contributed by atoms with E-state index in [0.29, 0.717) is 5.56 Å². The van der Waals surface area contributed by atoms with E-state index in [1.165, 1.54) is 31.2 Å². The van der Waals surface area contributed by atoms with Crippen molar-refractivity contribution in [2.45, 2.75) is 68.9 Å². The van der Waals surface area contributed by atoms with Gasteiger partial charge in [0.1, 0.15) is 29.9 Å². The number of carbonyl (C=O) groups is 7. The molecule has 47 heavy (non-hydrogen) atoms. The lowest BCUT2D eigenvalue weighted by Gasteiger charge is -2.26. The van der Waals surface area contributed by atoms with Gasteiger partial charge in [0, 0.05) is 6.42 Å². The fourth-order valence-electron chi connectivity index (χ4n) is 4.29. The van der Waals surface area contributed by atoms with Crippen molar-refractivity contribution < 1.29 is 54.0 Å². The van der Waals surface area contributed by atoms with Crippen LogP contribution in [0.15, 0.2) is 54.6 Å². The van der Waals surface area contributed by atoms with Gasteiger partial charge in [-0.25, -0.2) is 4.79 Å². The minimum Gasteiger partial charge on any atom is -0.508 e. The zero-order chi connectivity index (χ0) is 35.3. The molecule has 0 aromatic heterocycles. The Hall–Kier alpha value is -5.55. The van der Waals surface area contributed by atoms with Gasteiger partial charge in [0.15, 0.2) is 0 Å². The molecule has 0 fully saturated rings. The first kappa shape index (κ1) is 37.6. The van der Waals surface area contributed by atoms with E-state index in [-0.39, 0.29) is 18.6 Å². The van der Waals surface area contributed by atoms with Crippen LogP contribution in [0.5, 0.6) is 5.75 Å². The molecule has 0 aliphatic rings. The first-order valence-corrected chi connectivity index (χ1v) is 14.3. The molecule has 17 nitrogen and oxygen atoms in total. The number of aliphatic carboxylic acids is 2. The molecular formula is C30H38N6O11. The van der Waals surface area contributed by atoms with E-state index in [0.717, 1.165) is 5.56 Å². The van der Waals surface area contributed by atoms with Gasteiger partial charge >= 0.3 is 11.9 Å². The Morgan fingerprint density at radius 2 is 1.19 bits per heavy atom. The van der Waals surface area contributed by atoms with Crippen LogP contribution >= 0.6 is 0 Å². The molecule has 17 heteroatoms. The lowest BCUT2D eigenvalue weighted by molar-refractivity contribution is -0.144. The molecule has 2 rings (SSSR count). The second-order valence-corrected chi connectivity index (χ2v) is 10.7. The number of aromatic hydroxyl groups is 1. The maximum absolute atomic E-state index is 13.2. The van der Waals surface area contributed by atoms with Crippen LogP contribution in [0.2, 0.25) is 0 Å². The number of nitrogens with two attached hydrogens (primary N) is 2. The molecule has 0 bridgehead atoms. The van der Waals surface area contributed by atoms with Crippen molar-refractivity contribution in [3.05, 3.63) is 65.7 Å². The van der Waals surface area contributed by atoms with Gasteiger partial charge < -0.3 is 53.2 Å². The van der Waals surface area contributed by atoms with E-state index in [2.05, 4.69) is 21.3 Å². The smallest absolute Gasteiger partial charge is 0.326 e. The Labute approximate surface area is 268 Å². The highest BCUT2D eigenvalue weighted by Crippen LogP contribution is 2.12. The van der Waals surface area contributed by atoms with E-state index in [1.807, 2.05) is 0 Å². The van der Waals surface area contributed by atoms with Crippen molar-refractivity contribution in [1.29, 1.82) is 0 Å². The summed E-state index contributed by atoms with van der Waals surface area (Å²) in [6.07, 6.45) is -3.56. The van der Waals surface area contributed by atoms with Crippen LogP contribution in [-0.2, 0) is 46.4 Å².